The maximum Gasteiger partial charge on any atom is 0.311 e. The molecule has 0 saturated heterocycles. The van der Waals surface area contributed by atoms with Crippen LogP contribution in [0.1, 0.15) is 65.2 Å². The van der Waals surface area contributed by atoms with Crippen molar-refractivity contribution in [1.82, 2.24) is 0 Å². The summed E-state index contributed by atoms with van der Waals surface area (Å²) in [7, 11) is 0. The van der Waals surface area contributed by atoms with E-state index >= 15 is 0 Å². The smallest absolute Gasteiger partial charge is 0.311 e. The van der Waals surface area contributed by atoms with Crippen LogP contribution in [0, 0.1) is 11.8 Å². The quantitative estimate of drug-likeness (QED) is 0.711. The molecular weight excluding hydrogens is 228 g/mol. The van der Waals surface area contributed by atoms with Gasteiger partial charge in [-0.05, 0) is 25.7 Å². The molecule has 0 unspecified atom stereocenters. The molecular formula is C15H28O3. The summed E-state index contributed by atoms with van der Waals surface area (Å²) in [5.74, 6) is 0.0803. The fourth-order valence-electron chi connectivity index (χ4n) is 2.94. The van der Waals surface area contributed by atoms with Crippen molar-refractivity contribution in [3.05, 3.63) is 0 Å². The first-order chi connectivity index (χ1) is 8.69. The van der Waals surface area contributed by atoms with E-state index in [4.69, 9.17) is 4.74 Å². The van der Waals surface area contributed by atoms with Gasteiger partial charge in [0.1, 0.15) is 0 Å². The Labute approximate surface area is 111 Å². The van der Waals surface area contributed by atoms with Crippen molar-refractivity contribution < 1.29 is 14.6 Å². The first-order valence-corrected chi connectivity index (χ1v) is 7.53. The summed E-state index contributed by atoms with van der Waals surface area (Å²) in [5.41, 5.74) is 0. The fourth-order valence-corrected chi connectivity index (χ4v) is 2.94. The zero-order valence-corrected chi connectivity index (χ0v) is 11.9. The van der Waals surface area contributed by atoms with Gasteiger partial charge >= 0.3 is 5.97 Å². The number of aliphatic hydroxyl groups is 1. The van der Waals surface area contributed by atoms with Crippen molar-refractivity contribution in [3.8, 4) is 0 Å². The van der Waals surface area contributed by atoms with Crippen LogP contribution in [-0.2, 0) is 9.53 Å². The third-order valence-electron chi connectivity index (χ3n) is 3.95. The lowest BCUT2D eigenvalue weighted by molar-refractivity contribution is -0.153. The number of carbonyl (C=O) groups is 1. The lowest BCUT2D eigenvalue weighted by Gasteiger charge is -2.28. The Hall–Kier alpha value is -0.570. The highest BCUT2D eigenvalue weighted by Crippen LogP contribution is 2.31. The van der Waals surface area contributed by atoms with E-state index in [1.54, 1.807) is 0 Å². The minimum atomic E-state index is -0.532. The molecule has 0 aromatic carbocycles. The average Bonchev–Trinajstić information content (AvgIpc) is 2.37. The molecule has 1 aliphatic carbocycles. The van der Waals surface area contributed by atoms with Crippen molar-refractivity contribution in [2.75, 3.05) is 6.61 Å². The molecule has 0 aliphatic heterocycles. The monoisotopic (exact) mass is 256 g/mol. The van der Waals surface area contributed by atoms with E-state index in [0.29, 0.717) is 18.9 Å². The highest BCUT2D eigenvalue weighted by Gasteiger charge is 2.30. The van der Waals surface area contributed by atoms with Gasteiger partial charge in [0, 0.05) is 0 Å². The molecule has 1 saturated carbocycles. The summed E-state index contributed by atoms with van der Waals surface area (Å²) in [6, 6.07) is 0. The first-order valence-electron chi connectivity index (χ1n) is 7.53. The summed E-state index contributed by atoms with van der Waals surface area (Å²) in [5, 5.41) is 10.1. The largest absolute Gasteiger partial charge is 0.466 e. The number of aliphatic hydroxyl groups excluding tert-OH is 1. The Morgan fingerprint density at radius 2 is 1.94 bits per heavy atom. The normalized spacial score (nSPS) is 20.4. The van der Waals surface area contributed by atoms with Gasteiger partial charge in [0.25, 0.3) is 0 Å². The second-order valence-electron chi connectivity index (χ2n) is 5.45. The van der Waals surface area contributed by atoms with Gasteiger partial charge in [-0.2, -0.15) is 0 Å². The fraction of sp³-hybridized carbons (Fsp3) is 0.933. The molecule has 0 aromatic rings. The number of hydrogen-bond acceptors (Lipinski definition) is 3. The number of esters is 1. The second-order valence-corrected chi connectivity index (χ2v) is 5.45. The van der Waals surface area contributed by atoms with Gasteiger partial charge < -0.3 is 9.84 Å². The predicted octanol–water partition coefficient (Wildman–Crippen LogP) is 3.30. The van der Waals surface area contributed by atoms with Gasteiger partial charge in [0.15, 0.2) is 0 Å². The maximum absolute atomic E-state index is 12.0. The van der Waals surface area contributed by atoms with Crippen molar-refractivity contribution >= 4 is 5.97 Å². The molecule has 106 valence electrons. The zero-order valence-electron chi connectivity index (χ0n) is 11.9. The molecule has 1 rings (SSSR count). The highest BCUT2D eigenvalue weighted by molar-refractivity contribution is 5.73. The summed E-state index contributed by atoms with van der Waals surface area (Å²) >= 11 is 0. The van der Waals surface area contributed by atoms with Crippen LogP contribution in [0.2, 0.25) is 0 Å². The lowest BCUT2D eigenvalue weighted by atomic mass is 9.80. The summed E-state index contributed by atoms with van der Waals surface area (Å²) in [6.07, 6.45) is 8.13. The summed E-state index contributed by atoms with van der Waals surface area (Å²) in [6.45, 7) is 4.26. The summed E-state index contributed by atoms with van der Waals surface area (Å²) in [4.78, 5) is 12.0. The van der Waals surface area contributed by atoms with Crippen molar-refractivity contribution in [1.29, 1.82) is 0 Å². The molecule has 18 heavy (non-hydrogen) atoms. The van der Waals surface area contributed by atoms with Crippen LogP contribution in [0.4, 0.5) is 0 Å². The third-order valence-corrected chi connectivity index (χ3v) is 3.95. The number of ether oxygens (including phenoxy) is 1. The van der Waals surface area contributed by atoms with Crippen LogP contribution >= 0.6 is 0 Å². The molecule has 3 nitrogen and oxygen atoms in total. The van der Waals surface area contributed by atoms with Gasteiger partial charge in [0.2, 0.25) is 0 Å². The van der Waals surface area contributed by atoms with E-state index in [1.165, 1.54) is 32.1 Å². The second kappa shape index (κ2) is 8.52. The molecule has 1 fully saturated rings. The Kier molecular flexibility index (Phi) is 7.33. The van der Waals surface area contributed by atoms with E-state index in [2.05, 4.69) is 0 Å². The minimum Gasteiger partial charge on any atom is -0.466 e. The van der Waals surface area contributed by atoms with Crippen molar-refractivity contribution in [2.45, 2.75) is 71.3 Å². The standard InChI is InChI=1S/C15H28O3/c1-3-8-14(16)13(15(17)18-4-2)11-12-9-6-5-7-10-12/h12-14,16H,3-11H2,1-2H3/t13-,14-/m1/s1. The minimum absolute atomic E-state index is 0.205. The molecule has 0 amide bonds. The number of carbonyl (C=O) groups excluding carboxylic acids is 1. The van der Waals surface area contributed by atoms with Gasteiger partial charge in [-0.1, -0.05) is 45.4 Å². The molecule has 0 spiro atoms. The molecule has 0 radical (unpaired) electrons. The first kappa shape index (κ1) is 15.5. The number of rotatable bonds is 7. The summed E-state index contributed by atoms with van der Waals surface area (Å²) < 4.78 is 5.11. The zero-order chi connectivity index (χ0) is 13.4. The third kappa shape index (κ3) is 4.97. The Bertz CT molecular complexity index is 234. The molecule has 3 heteroatoms. The van der Waals surface area contributed by atoms with Gasteiger partial charge in [-0.3, -0.25) is 4.79 Å². The highest BCUT2D eigenvalue weighted by atomic mass is 16.5. The molecule has 0 heterocycles. The Balaban J connectivity index is 2.54. The van der Waals surface area contributed by atoms with E-state index in [0.717, 1.165) is 12.8 Å². The van der Waals surface area contributed by atoms with Gasteiger partial charge in [-0.15, -0.1) is 0 Å². The topological polar surface area (TPSA) is 46.5 Å². The van der Waals surface area contributed by atoms with Crippen LogP contribution in [-0.4, -0.2) is 23.8 Å². The van der Waals surface area contributed by atoms with Crippen LogP contribution < -0.4 is 0 Å². The number of hydrogen-bond donors (Lipinski definition) is 1. The Morgan fingerprint density at radius 1 is 1.28 bits per heavy atom. The van der Waals surface area contributed by atoms with Crippen LogP contribution in [0.15, 0.2) is 0 Å². The SMILES string of the molecule is CCC[C@@H](O)[C@@H](CC1CCCCC1)C(=O)OCC. The lowest BCUT2D eigenvalue weighted by Crippen LogP contribution is -2.32. The van der Waals surface area contributed by atoms with Crippen LogP contribution in [0.3, 0.4) is 0 Å². The predicted molar refractivity (Wildman–Crippen MR) is 72.2 cm³/mol. The van der Waals surface area contributed by atoms with Crippen molar-refractivity contribution in [2.24, 2.45) is 11.8 Å². The maximum atomic E-state index is 12.0. The van der Waals surface area contributed by atoms with E-state index in [1.807, 2.05) is 13.8 Å². The van der Waals surface area contributed by atoms with E-state index in [-0.39, 0.29) is 11.9 Å². The molecule has 1 N–H and O–H groups in total. The Morgan fingerprint density at radius 3 is 2.50 bits per heavy atom. The molecule has 2 atom stereocenters. The average molecular weight is 256 g/mol. The molecule has 0 aromatic heterocycles. The van der Waals surface area contributed by atoms with Crippen molar-refractivity contribution in [3.63, 3.8) is 0 Å². The van der Waals surface area contributed by atoms with Gasteiger partial charge in [0.05, 0.1) is 18.6 Å². The van der Waals surface area contributed by atoms with Crippen LogP contribution in [0.5, 0.6) is 0 Å². The van der Waals surface area contributed by atoms with Gasteiger partial charge in [-0.25, -0.2) is 0 Å². The van der Waals surface area contributed by atoms with E-state index < -0.39 is 6.10 Å². The van der Waals surface area contributed by atoms with E-state index in [9.17, 15) is 9.90 Å². The molecule has 1 aliphatic rings. The molecule has 0 bridgehead atoms. The van der Waals surface area contributed by atoms with Crippen LogP contribution in [0.25, 0.3) is 0 Å².